The highest BCUT2D eigenvalue weighted by atomic mass is 16.5. The van der Waals surface area contributed by atoms with Gasteiger partial charge in [0.15, 0.2) is 0 Å². The molecule has 1 fully saturated rings. The van der Waals surface area contributed by atoms with E-state index in [1.807, 2.05) is 6.92 Å². The van der Waals surface area contributed by atoms with E-state index < -0.39 is 5.92 Å². The van der Waals surface area contributed by atoms with E-state index in [0.29, 0.717) is 23.7 Å². The van der Waals surface area contributed by atoms with E-state index in [0.717, 1.165) is 11.3 Å². The predicted molar refractivity (Wildman–Crippen MR) is 108 cm³/mol. The smallest absolute Gasteiger partial charge is 0.229 e. The molecule has 2 N–H and O–H groups in total. The molecule has 1 aliphatic heterocycles. The number of ether oxygens (including phenoxy) is 1. The van der Waals surface area contributed by atoms with Crippen molar-refractivity contribution in [1.82, 2.24) is 0 Å². The molecule has 28 heavy (non-hydrogen) atoms. The van der Waals surface area contributed by atoms with Crippen molar-refractivity contribution < 1.29 is 19.1 Å². The van der Waals surface area contributed by atoms with E-state index in [4.69, 9.17) is 4.74 Å². The lowest BCUT2D eigenvalue weighted by atomic mass is 10.1. The molecule has 0 aromatic heterocycles. The van der Waals surface area contributed by atoms with Crippen molar-refractivity contribution in [3.8, 4) is 5.75 Å². The van der Waals surface area contributed by atoms with Crippen LogP contribution >= 0.6 is 0 Å². The summed E-state index contributed by atoms with van der Waals surface area (Å²) in [5.74, 6) is -0.144. The molecule has 146 valence electrons. The molecule has 1 aliphatic rings. The van der Waals surface area contributed by atoms with Gasteiger partial charge in [0, 0.05) is 37.0 Å². The molecule has 1 heterocycles. The summed E-state index contributed by atoms with van der Waals surface area (Å²) < 4.78 is 5.13. The van der Waals surface area contributed by atoms with E-state index in [1.54, 1.807) is 54.5 Å². The van der Waals surface area contributed by atoms with Crippen LogP contribution in [0.5, 0.6) is 5.75 Å². The molecule has 0 saturated carbocycles. The summed E-state index contributed by atoms with van der Waals surface area (Å²) in [5.41, 5.74) is 2.92. The van der Waals surface area contributed by atoms with Crippen LogP contribution in [0.1, 0.15) is 18.9 Å². The Labute approximate surface area is 163 Å². The second-order valence-corrected chi connectivity index (χ2v) is 6.80. The topological polar surface area (TPSA) is 87.7 Å². The number of anilines is 3. The molecule has 2 aromatic carbocycles. The van der Waals surface area contributed by atoms with E-state index in [9.17, 15) is 14.4 Å². The van der Waals surface area contributed by atoms with Gasteiger partial charge < -0.3 is 20.3 Å². The Morgan fingerprint density at radius 3 is 2.43 bits per heavy atom. The van der Waals surface area contributed by atoms with Gasteiger partial charge in [-0.25, -0.2) is 0 Å². The van der Waals surface area contributed by atoms with Gasteiger partial charge in [-0.3, -0.25) is 14.4 Å². The lowest BCUT2D eigenvalue weighted by Gasteiger charge is -2.17. The van der Waals surface area contributed by atoms with E-state index in [1.165, 1.54) is 6.92 Å². The first-order chi connectivity index (χ1) is 13.4. The molecule has 7 nitrogen and oxygen atoms in total. The van der Waals surface area contributed by atoms with Crippen molar-refractivity contribution >= 4 is 34.8 Å². The van der Waals surface area contributed by atoms with Crippen LogP contribution in [0.4, 0.5) is 17.1 Å². The van der Waals surface area contributed by atoms with Crippen LogP contribution in [0.2, 0.25) is 0 Å². The second kappa shape index (κ2) is 8.12. The summed E-state index contributed by atoms with van der Waals surface area (Å²) >= 11 is 0. The van der Waals surface area contributed by atoms with E-state index in [2.05, 4.69) is 10.6 Å². The molecule has 2 aromatic rings. The summed E-state index contributed by atoms with van der Waals surface area (Å²) in [4.78, 5) is 37.8. The fraction of sp³-hybridized carbons (Fsp3) is 0.286. The second-order valence-electron chi connectivity index (χ2n) is 6.80. The van der Waals surface area contributed by atoms with E-state index >= 15 is 0 Å². The normalized spacial score (nSPS) is 16.0. The molecular formula is C21H23N3O4. The summed E-state index contributed by atoms with van der Waals surface area (Å²) in [6.45, 7) is 3.63. The molecule has 1 atom stereocenters. The number of nitrogens with zero attached hydrogens (tertiary/aromatic N) is 1. The Balaban J connectivity index is 1.66. The number of rotatable bonds is 5. The van der Waals surface area contributed by atoms with Crippen molar-refractivity contribution in [2.45, 2.75) is 20.3 Å². The number of aryl methyl sites for hydroxylation is 1. The third-order valence-electron chi connectivity index (χ3n) is 4.68. The lowest BCUT2D eigenvalue weighted by Crippen LogP contribution is -2.28. The molecule has 0 spiro atoms. The van der Waals surface area contributed by atoms with Crippen LogP contribution in [0.3, 0.4) is 0 Å². The van der Waals surface area contributed by atoms with Gasteiger partial charge in [0.2, 0.25) is 17.7 Å². The van der Waals surface area contributed by atoms with Gasteiger partial charge in [0.05, 0.1) is 13.0 Å². The Hall–Kier alpha value is -3.35. The first-order valence-corrected chi connectivity index (χ1v) is 9.01. The molecule has 7 heteroatoms. The van der Waals surface area contributed by atoms with Crippen molar-refractivity contribution in [3.63, 3.8) is 0 Å². The van der Waals surface area contributed by atoms with Crippen molar-refractivity contribution in [3.05, 3.63) is 48.0 Å². The lowest BCUT2D eigenvalue weighted by molar-refractivity contribution is -0.122. The molecule has 0 bridgehead atoms. The van der Waals surface area contributed by atoms with Crippen LogP contribution in [-0.4, -0.2) is 31.4 Å². The van der Waals surface area contributed by atoms with Crippen LogP contribution in [0, 0.1) is 12.8 Å². The largest absolute Gasteiger partial charge is 0.497 e. The maximum Gasteiger partial charge on any atom is 0.229 e. The van der Waals surface area contributed by atoms with Crippen molar-refractivity contribution in [2.75, 3.05) is 29.2 Å². The quantitative estimate of drug-likeness (QED) is 0.834. The highest BCUT2D eigenvalue weighted by molar-refractivity contribution is 6.03. The number of carbonyl (C=O) groups is 3. The third-order valence-corrected chi connectivity index (χ3v) is 4.68. The van der Waals surface area contributed by atoms with Gasteiger partial charge >= 0.3 is 0 Å². The molecule has 1 saturated heterocycles. The van der Waals surface area contributed by atoms with Gasteiger partial charge in [-0.05, 0) is 55.0 Å². The summed E-state index contributed by atoms with van der Waals surface area (Å²) in [7, 11) is 1.58. The molecule has 1 unspecified atom stereocenters. The van der Waals surface area contributed by atoms with E-state index in [-0.39, 0.29) is 24.1 Å². The summed E-state index contributed by atoms with van der Waals surface area (Å²) in [6, 6.07) is 12.5. The Morgan fingerprint density at radius 2 is 1.82 bits per heavy atom. The van der Waals surface area contributed by atoms with Gasteiger partial charge in [-0.15, -0.1) is 0 Å². The average molecular weight is 381 g/mol. The summed E-state index contributed by atoms with van der Waals surface area (Å²) in [6.07, 6.45) is 0.167. The zero-order valence-electron chi connectivity index (χ0n) is 16.1. The highest BCUT2D eigenvalue weighted by Gasteiger charge is 2.35. The number of carbonyl (C=O) groups excluding carboxylic acids is 3. The van der Waals surface area contributed by atoms with Gasteiger partial charge in [0.1, 0.15) is 5.75 Å². The number of hydrogen-bond donors (Lipinski definition) is 2. The highest BCUT2D eigenvalue weighted by Crippen LogP contribution is 2.28. The van der Waals surface area contributed by atoms with Crippen LogP contribution in [0.15, 0.2) is 42.5 Å². The first kappa shape index (κ1) is 19.4. The minimum Gasteiger partial charge on any atom is -0.497 e. The van der Waals surface area contributed by atoms with Gasteiger partial charge in [0.25, 0.3) is 0 Å². The maximum atomic E-state index is 12.6. The zero-order valence-corrected chi connectivity index (χ0v) is 16.1. The molecular weight excluding hydrogens is 358 g/mol. The van der Waals surface area contributed by atoms with Gasteiger partial charge in [-0.1, -0.05) is 0 Å². The number of benzene rings is 2. The minimum absolute atomic E-state index is 0.0810. The monoisotopic (exact) mass is 381 g/mol. The number of methoxy groups -OCH3 is 1. The molecule has 0 radical (unpaired) electrons. The Bertz CT molecular complexity index is 908. The van der Waals surface area contributed by atoms with Gasteiger partial charge in [-0.2, -0.15) is 0 Å². The first-order valence-electron chi connectivity index (χ1n) is 9.01. The number of amides is 3. The molecule has 3 amide bonds. The maximum absolute atomic E-state index is 12.6. The number of nitrogens with one attached hydrogen (secondary N) is 2. The van der Waals surface area contributed by atoms with Crippen LogP contribution in [0.25, 0.3) is 0 Å². The number of hydrogen-bond acceptors (Lipinski definition) is 4. The SMILES string of the molecule is COc1ccc(N2CC(C(=O)Nc3ccc(NC(C)=O)c(C)c3)CC2=O)cc1. The molecule has 3 rings (SSSR count). The molecule has 0 aliphatic carbocycles. The Kier molecular flexibility index (Phi) is 5.63. The van der Waals surface area contributed by atoms with Crippen LogP contribution in [-0.2, 0) is 14.4 Å². The minimum atomic E-state index is -0.426. The average Bonchev–Trinajstić information content (AvgIpc) is 3.05. The summed E-state index contributed by atoms with van der Waals surface area (Å²) in [5, 5.41) is 5.60. The standard InChI is InChI=1S/C21H23N3O4/c1-13-10-16(4-9-19(13)22-14(2)25)23-21(27)15-11-20(26)24(12-15)17-5-7-18(28-3)8-6-17/h4-10,15H,11-12H2,1-3H3,(H,22,25)(H,23,27). The third kappa shape index (κ3) is 4.31. The fourth-order valence-electron chi connectivity index (χ4n) is 3.21. The predicted octanol–water partition coefficient (Wildman–Crippen LogP) is 2.95. The zero-order chi connectivity index (χ0) is 20.3. The fourth-order valence-corrected chi connectivity index (χ4v) is 3.21. The van der Waals surface area contributed by atoms with Crippen molar-refractivity contribution in [2.24, 2.45) is 5.92 Å². The Morgan fingerprint density at radius 1 is 1.11 bits per heavy atom. The van der Waals surface area contributed by atoms with Crippen molar-refractivity contribution in [1.29, 1.82) is 0 Å². The van der Waals surface area contributed by atoms with Crippen LogP contribution < -0.4 is 20.3 Å².